The van der Waals surface area contributed by atoms with Crippen molar-refractivity contribution < 1.29 is 9.47 Å². The molecule has 0 saturated carbocycles. The molecule has 9 heteroatoms. The van der Waals surface area contributed by atoms with Gasteiger partial charge in [-0.25, -0.2) is 4.98 Å². The number of H-pyrrole nitrogens is 1. The van der Waals surface area contributed by atoms with E-state index in [0.29, 0.717) is 18.4 Å². The number of hydrogen-bond acceptors (Lipinski definition) is 8. The summed E-state index contributed by atoms with van der Waals surface area (Å²) in [7, 11) is 0. The average molecular weight is 338 g/mol. The van der Waals surface area contributed by atoms with Crippen LogP contribution in [-0.4, -0.2) is 56.6 Å². The minimum absolute atomic E-state index is 0.0927. The lowest BCUT2D eigenvalue weighted by molar-refractivity contribution is -0.0371. The first-order valence-corrected chi connectivity index (χ1v) is 8.80. The van der Waals surface area contributed by atoms with Gasteiger partial charge in [0.05, 0.1) is 19.8 Å². The number of aromatic nitrogens is 5. The number of aromatic amines is 1. The van der Waals surface area contributed by atoms with Crippen molar-refractivity contribution in [1.82, 2.24) is 30.3 Å². The van der Waals surface area contributed by atoms with Gasteiger partial charge in [0, 0.05) is 19.5 Å². The first-order chi connectivity index (χ1) is 11.3. The van der Waals surface area contributed by atoms with Gasteiger partial charge in [-0.1, -0.05) is 18.3 Å². The number of morpholine rings is 1. The molecule has 1 fully saturated rings. The van der Waals surface area contributed by atoms with Crippen molar-refractivity contribution in [2.75, 3.05) is 26.3 Å². The minimum Gasteiger partial charge on any atom is -0.469 e. The van der Waals surface area contributed by atoms with Crippen molar-refractivity contribution >= 4 is 11.3 Å². The van der Waals surface area contributed by atoms with Crippen molar-refractivity contribution in [1.29, 1.82) is 0 Å². The van der Waals surface area contributed by atoms with E-state index in [1.807, 2.05) is 6.92 Å². The van der Waals surface area contributed by atoms with Crippen LogP contribution in [0.15, 0.2) is 0 Å². The highest BCUT2D eigenvalue weighted by Crippen LogP contribution is 2.23. The van der Waals surface area contributed by atoms with Crippen LogP contribution in [0, 0.1) is 0 Å². The number of aryl methyl sites for hydroxylation is 1. The summed E-state index contributed by atoms with van der Waals surface area (Å²) in [5, 5.41) is 17.1. The molecule has 2 aromatic heterocycles. The topological polar surface area (TPSA) is 89.1 Å². The van der Waals surface area contributed by atoms with E-state index in [1.54, 1.807) is 0 Å². The zero-order valence-corrected chi connectivity index (χ0v) is 14.3. The summed E-state index contributed by atoms with van der Waals surface area (Å²) in [6, 6.07) is 0. The van der Waals surface area contributed by atoms with Gasteiger partial charge >= 0.3 is 0 Å². The Labute approximate surface area is 139 Å². The Morgan fingerprint density at radius 2 is 2.30 bits per heavy atom. The van der Waals surface area contributed by atoms with Crippen LogP contribution in [0.5, 0.6) is 5.19 Å². The molecule has 0 bridgehead atoms. The predicted molar refractivity (Wildman–Crippen MR) is 85.4 cm³/mol. The van der Waals surface area contributed by atoms with Gasteiger partial charge in [0.25, 0.3) is 5.19 Å². The van der Waals surface area contributed by atoms with Gasteiger partial charge < -0.3 is 9.47 Å². The second-order valence-corrected chi connectivity index (χ2v) is 6.40. The van der Waals surface area contributed by atoms with Crippen LogP contribution in [0.25, 0.3) is 0 Å². The molecule has 0 amide bonds. The summed E-state index contributed by atoms with van der Waals surface area (Å²) in [4.78, 5) is 6.82. The zero-order valence-electron chi connectivity index (χ0n) is 13.5. The second kappa shape index (κ2) is 7.80. The lowest BCUT2D eigenvalue weighted by Crippen LogP contribution is -2.38. The fourth-order valence-corrected chi connectivity index (χ4v) is 3.27. The van der Waals surface area contributed by atoms with E-state index in [4.69, 9.17) is 9.47 Å². The Balaban J connectivity index is 1.58. The van der Waals surface area contributed by atoms with Crippen LogP contribution in [0.1, 0.15) is 43.0 Å². The molecule has 1 N–H and O–H groups in total. The fraction of sp³-hybridized carbons (Fsp3) is 0.714. The van der Waals surface area contributed by atoms with Gasteiger partial charge in [0.2, 0.25) is 0 Å². The van der Waals surface area contributed by atoms with E-state index >= 15 is 0 Å². The first kappa shape index (κ1) is 16.3. The highest BCUT2D eigenvalue weighted by Gasteiger charge is 2.26. The fourth-order valence-electron chi connectivity index (χ4n) is 2.48. The summed E-state index contributed by atoms with van der Waals surface area (Å²) in [5.74, 6) is 1.67. The summed E-state index contributed by atoms with van der Waals surface area (Å²) in [5.41, 5.74) is 0. The van der Waals surface area contributed by atoms with Crippen LogP contribution in [0.3, 0.4) is 0 Å². The summed E-state index contributed by atoms with van der Waals surface area (Å²) < 4.78 is 11.2. The number of nitrogens with one attached hydrogen (secondary N) is 1. The molecule has 3 rings (SSSR count). The van der Waals surface area contributed by atoms with E-state index in [2.05, 4.69) is 37.2 Å². The average Bonchev–Trinajstić information content (AvgIpc) is 3.18. The molecule has 1 atom stereocenters. The lowest BCUT2D eigenvalue weighted by atomic mass is 10.2. The zero-order chi connectivity index (χ0) is 16.1. The van der Waals surface area contributed by atoms with Gasteiger partial charge in [0.15, 0.2) is 5.82 Å². The molecule has 0 unspecified atom stereocenters. The third-order valence-electron chi connectivity index (χ3n) is 3.55. The Kier molecular flexibility index (Phi) is 5.52. The van der Waals surface area contributed by atoms with Crippen molar-refractivity contribution in [3.05, 3.63) is 16.7 Å². The van der Waals surface area contributed by atoms with Crippen LogP contribution in [0.2, 0.25) is 0 Å². The van der Waals surface area contributed by atoms with Crippen molar-refractivity contribution in [3.8, 4) is 5.19 Å². The second-order valence-electron chi connectivity index (χ2n) is 5.38. The number of hydrogen-bond donors (Lipinski definition) is 1. The maximum Gasteiger partial charge on any atom is 0.294 e. The van der Waals surface area contributed by atoms with Gasteiger partial charge in [0.1, 0.15) is 16.9 Å². The van der Waals surface area contributed by atoms with E-state index < -0.39 is 0 Å². The highest BCUT2D eigenvalue weighted by atomic mass is 32.1. The predicted octanol–water partition coefficient (Wildman–Crippen LogP) is 1.58. The van der Waals surface area contributed by atoms with E-state index in [-0.39, 0.29) is 6.10 Å². The maximum atomic E-state index is 5.82. The lowest BCUT2D eigenvalue weighted by Gasteiger charge is -2.30. The molecule has 8 nitrogen and oxygen atoms in total. The molecule has 0 aliphatic carbocycles. The molecule has 0 radical (unpaired) electrons. The number of rotatable bonds is 7. The normalized spacial score (nSPS) is 19.1. The van der Waals surface area contributed by atoms with Crippen LogP contribution >= 0.6 is 11.3 Å². The van der Waals surface area contributed by atoms with Gasteiger partial charge in [-0.15, -0.1) is 10.2 Å². The summed E-state index contributed by atoms with van der Waals surface area (Å²) in [6.07, 6.45) is 1.87. The van der Waals surface area contributed by atoms with Gasteiger partial charge in [-0.05, 0) is 13.3 Å². The third-order valence-corrected chi connectivity index (χ3v) is 4.37. The molecule has 1 aliphatic rings. The van der Waals surface area contributed by atoms with E-state index in [1.165, 1.54) is 11.3 Å². The molecular weight excluding hydrogens is 316 g/mol. The van der Waals surface area contributed by atoms with Crippen LogP contribution in [0.4, 0.5) is 0 Å². The molecule has 1 saturated heterocycles. The number of nitrogens with zero attached hydrogens (tertiary/aromatic N) is 5. The van der Waals surface area contributed by atoms with E-state index in [0.717, 1.165) is 49.1 Å². The summed E-state index contributed by atoms with van der Waals surface area (Å²) in [6.45, 7) is 7.71. The van der Waals surface area contributed by atoms with Gasteiger partial charge in [-0.3, -0.25) is 10.00 Å². The van der Waals surface area contributed by atoms with E-state index in [9.17, 15) is 0 Å². The first-order valence-electron chi connectivity index (χ1n) is 7.98. The molecule has 0 spiro atoms. The van der Waals surface area contributed by atoms with Crippen molar-refractivity contribution in [2.24, 2.45) is 0 Å². The monoisotopic (exact) mass is 338 g/mol. The Bertz CT molecular complexity index is 616. The van der Waals surface area contributed by atoms with Crippen LogP contribution in [-0.2, 0) is 17.7 Å². The molecule has 2 aromatic rings. The van der Waals surface area contributed by atoms with Crippen molar-refractivity contribution in [3.63, 3.8) is 0 Å². The Hall–Kier alpha value is -1.58. The maximum absolute atomic E-state index is 5.82. The quantitative estimate of drug-likeness (QED) is 0.820. The largest absolute Gasteiger partial charge is 0.469 e. The van der Waals surface area contributed by atoms with Gasteiger partial charge in [-0.2, -0.15) is 5.10 Å². The van der Waals surface area contributed by atoms with Crippen LogP contribution < -0.4 is 4.74 Å². The molecule has 1 aliphatic heterocycles. The molecule has 0 aromatic carbocycles. The molecule has 3 heterocycles. The standard InChI is InChI=1S/C14H22N6O2S/c1-3-5-11-15-13(18-16-11)10-8-20(6-7-22-10)9-12-17-19-14(23-12)21-4-2/h10H,3-9H2,1-2H3,(H,15,16,18)/t10-/m0/s1. The molecule has 23 heavy (non-hydrogen) atoms. The molecular formula is C14H22N6O2S. The number of ether oxygens (including phenoxy) is 2. The molecule has 126 valence electrons. The SMILES string of the molecule is CCCc1nc([C@@H]2CN(Cc3nnc(OCC)s3)CCO2)n[nH]1. The smallest absolute Gasteiger partial charge is 0.294 e. The Morgan fingerprint density at radius 3 is 3.13 bits per heavy atom. The van der Waals surface area contributed by atoms with Crippen molar-refractivity contribution in [2.45, 2.75) is 39.3 Å². The third kappa shape index (κ3) is 4.24. The minimum atomic E-state index is -0.0927. The highest BCUT2D eigenvalue weighted by molar-refractivity contribution is 7.13. The Morgan fingerprint density at radius 1 is 1.39 bits per heavy atom. The summed E-state index contributed by atoms with van der Waals surface area (Å²) >= 11 is 1.49.